The second kappa shape index (κ2) is 7.06. The first-order chi connectivity index (χ1) is 11.3. The summed E-state index contributed by atoms with van der Waals surface area (Å²) in [6.07, 6.45) is 3.04. The molecule has 1 N–H and O–H groups in total. The predicted molar refractivity (Wildman–Crippen MR) is 85.0 cm³/mol. The number of aromatic nitrogens is 2. The molecule has 3 rings (SSSR count). The molecule has 1 fully saturated rings. The molecule has 1 aromatic heterocycles. The maximum atomic E-state index is 12.3. The van der Waals surface area contributed by atoms with Gasteiger partial charge in [0.05, 0.1) is 32.7 Å². The molecule has 0 spiro atoms. The van der Waals surface area contributed by atoms with E-state index in [1.165, 1.54) is 6.20 Å². The normalized spacial score (nSPS) is 14.4. The number of morpholine rings is 1. The molecule has 0 aliphatic carbocycles. The highest BCUT2D eigenvalue weighted by molar-refractivity contribution is 5.92. The molecule has 0 radical (unpaired) electrons. The molecule has 1 aliphatic heterocycles. The van der Waals surface area contributed by atoms with Crippen LogP contribution in [0.25, 0.3) is 0 Å². The molecular formula is C16H18N4O3. The van der Waals surface area contributed by atoms with E-state index < -0.39 is 0 Å². The molecular weight excluding hydrogens is 296 g/mol. The minimum Gasteiger partial charge on any atom is -0.497 e. The summed E-state index contributed by atoms with van der Waals surface area (Å²) in [7, 11) is 1.62. The summed E-state index contributed by atoms with van der Waals surface area (Å²) in [4.78, 5) is 22.5. The molecule has 1 aliphatic rings. The topological polar surface area (TPSA) is 76.6 Å². The van der Waals surface area contributed by atoms with Crippen molar-refractivity contribution in [2.24, 2.45) is 0 Å². The SMILES string of the molecule is COc1ccc(Nc2cnc(C(=O)N3CCOCC3)cn2)cc1. The third kappa shape index (κ3) is 3.75. The Kier molecular flexibility index (Phi) is 4.68. The van der Waals surface area contributed by atoms with Crippen LogP contribution in [0.15, 0.2) is 36.7 Å². The Hall–Kier alpha value is -2.67. The van der Waals surface area contributed by atoms with Gasteiger partial charge >= 0.3 is 0 Å². The minimum absolute atomic E-state index is 0.114. The number of anilines is 2. The van der Waals surface area contributed by atoms with Gasteiger partial charge < -0.3 is 19.7 Å². The number of benzene rings is 1. The van der Waals surface area contributed by atoms with Gasteiger partial charge in [-0.2, -0.15) is 0 Å². The Morgan fingerprint density at radius 3 is 2.52 bits per heavy atom. The fourth-order valence-corrected chi connectivity index (χ4v) is 2.25. The standard InChI is InChI=1S/C16H18N4O3/c1-22-13-4-2-12(3-5-13)19-15-11-17-14(10-18-15)16(21)20-6-8-23-9-7-20/h2-5,10-11H,6-9H2,1H3,(H,18,19). The van der Waals surface area contributed by atoms with Gasteiger partial charge in [0, 0.05) is 18.8 Å². The van der Waals surface area contributed by atoms with Gasteiger partial charge in [-0.15, -0.1) is 0 Å². The maximum Gasteiger partial charge on any atom is 0.274 e. The largest absolute Gasteiger partial charge is 0.497 e. The molecule has 23 heavy (non-hydrogen) atoms. The Bertz CT molecular complexity index is 652. The Morgan fingerprint density at radius 2 is 1.91 bits per heavy atom. The highest BCUT2D eigenvalue weighted by Gasteiger charge is 2.19. The smallest absolute Gasteiger partial charge is 0.274 e. The predicted octanol–water partition coefficient (Wildman–Crippen LogP) is 1.70. The summed E-state index contributed by atoms with van der Waals surface area (Å²) in [5, 5.41) is 3.13. The van der Waals surface area contributed by atoms with Crippen molar-refractivity contribution in [2.75, 3.05) is 38.7 Å². The maximum absolute atomic E-state index is 12.3. The monoisotopic (exact) mass is 314 g/mol. The third-order valence-electron chi connectivity index (χ3n) is 3.53. The van der Waals surface area contributed by atoms with E-state index in [9.17, 15) is 4.79 Å². The van der Waals surface area contributed by atoms with Crippen LogP contribution in [-0.4, -0.2) is 54.2 Å². The van der Waals surface area contributed by atoms with Crippen molar-refractivity contribution in [1.29, 1.82) is 0 Å². The number of carbonyl (C=O) groups excluding carboxylic acids is 1. The summed E-state index contributed by atoms with van der Waals surface area (Å²) in [6.45, 7) is 2.31. The summed E-state index contributed by atoms with van der Waals surface area (Å²) < 4.78 is 10.4. The van der Waals surface area contributed by atoms with Gasteiger partial charge in [-0.25, -0.2) is 9.97 Å². The molecule has 120 valence electrons. The van der Waals surface area contributed by atoms with E-state index in [0.29, 0.717) is 37.8 Å². The quantitative estimate of drug-likeness (QED) is 0.925. The van der Waals surface area contributed by atoms with Gasteiger partial charge in [-0.1, -0.05) is 0 Å². The van der Waals surface area contributed by atoms with Crippen LogP contribution in [0.5, 0.6) is 5.75 Å². The van der Waals surface area contributed by atoms with E-state index in [1.807, 2.05) is 24.3 Å². The zero-order chi connectivity index (χ0) is 16.1. The molecule has 1 saturated heterocycles. The van der Waals surface area contributed by atoms with Crippen LogP contribution in [0.1, 0.15) is 10.5 Å². The molecule has 7 nitrogen and oxygen atoms in total. The fraction of sp³-hybridized carbons (Fsp3) is 0.312. The highest BCUT2D eigenvalue weighted by atomic mass is 16.5. The van der Waals surface area contributed by atoms with Crippen molar-refractivity contribution in [2.45, 2.75) is 0 Å². The second-order valence-electron chi connectivity index (χ2n) is 5.04. The fourth-order valence-electron chi connectivity index (χ4n) is 2.25. The van der Waals surface area contributed by atoms with Gasteiger partial charge in [0.2, 0.25) is 0 Å². The average Bonchev–Trinajstić information content (AvgIpc) is 2.63. The van der Waals surface area contributed by atoms with E-state index in [2.05, 4.69) is 15.3 Å². The number of amides is 1. The molecule has 0 bridgehead atoms. The number of nitrogens with one attached hydrogen (secondary N) is 1. The van der Waals surface area contributed by atoms with Crippen LogP contribution in [0, 0.1) is 0 Å². The van der Waals surface area contributed by atoms with Gasteiger partial charge in [0.1, 0.15) is 17.3 Å². The van der Waals surface area contributed by atoms with E-state index in [4.69, 9.17) is 9.47 Å². The zero-order valence-corrected chi connectivity index (χ0v) is 12.9. The lowest BCUT2D eigenvalue weighted by molar-refractivity contribution is 0.0298. The van der Waals surface area contributed by atoms with Gasteiger partial charge in [0.25, 0.3) is 5.91 Å². The van der Waals surface area contributed by atoms with Crippen LogP contribution in [-0.2, 0) is 4.74 Å². The van der Waals surface area contributed by atoms with Crippen molar-refractivity contribution in [3.63, 3.8) is 0 Å². The zero-order valence-electron chi connectivity index (χ0n) is 12.9. The molecule has 1 aromatic carbocycles. The Balaban J connectivity index is 1.65. The van der Waals surface area contributed by atoms with Gasteiger partial charge in [-0.3, -0.25) is 4.79 Å². The molecule has 7 heteroatoms. The summed E-state index contributed by atoms with van der Waals surface area (Å²) >= 11 is 0. The third-order valence-corrected chi connectivity index (χ3v) is 3.53. The summed E-state index contributed by atoms with van der Waals surface area (Å²) in [5.41, 5.74) is 1.21. The molecule has 0 unspecified atom stereocenters. The number of rotatable bonds is 4. The summed E-state index contributed by atoms with van der Waals surface area (Å²) in [5.74, 6) is 1.25. The lowest BCUT2D eigenvalue weighted by atomic mass is 10.3. The van der Waals surface area contributed by atoms with Crippen molar-refractivity contribution in [3.05, 3.63) is 42.4 Å². The van der Waals surface area contributed by atoms with Crippen LogP contribution >= 0.6 is 0 Å². The Morgan fingerprint density at radius 1 is 1.17 bits per heavy atom. The van der Waals surface area contributed by atoms with Gasteiger partial charge in [-0.05, 0) is 24.3 Å². The van der Waals surface area contributed by atoms with Crippen molar-refractivity contribution >= 4 is 17.4 Å². The minimum atomic E-state index is -0.114. The second-order valence-corrected chi connectivity index (χ2v) is 5.04. The molecule has 2 aromatic rings. The van der Waals surface area contributed by atoms with E-state index >= 15 is 0 Å². The van der Waals surface area contributed by atoms with Gasteiger partial charge in [0.15, 0.2) is 0 Å². The average molecular weight is 314 g/mol. The highest BCUT2D eigenvalue weighted by Crippen LogP contribution is 2.18. The summed E-state index contributed by atoms with van der Waals surface area (Å²) in [6, 6.07) is 7.47. The number of nitrogens with zero attached hydrogens (tertiary/aromatic N) is 3. The number of hydrogen-bond donors (Lipinski definition) is 1. The van der Waals surface area contributed by atoms with Crippen LogP contribution < -0.4 is 10.1 Å². The lowest BCUT2D eigenvalue weighted by Crippen LogP contribution is -2.41. The number of hydrogen-bond acceptors (Lipinski definition) is 6. The molecule has 1 amide bonds. The molecule has 0 atom stereocenters. The number of methoxy groups -OCH3 is 1. The van der Waals surface area contributed by atoms with Crippen LogP contribution in [0.2, 0.25) is 0 Å². The van der Waals surface area contributed by atoms with E-state index in [1.54, 1.807) is 18.2 Å². The Labute approximate surface area is 134 Å². The number of carbonyl (C=O) groups is 1. The van der Waals surface area contributed by atoms with Crippen molar-refractivity contribution < 1.29 is 14.3 Å². The van der Waals surface area contributed by atoms with E-state index in [-0.39, 0.29) is 5.91 Å². The number of ether oxygens (including phenoxy) is 2. The lowest BCUT2D eigenvalue weighted by Gasteiger charge is -2.26. The first-order valence-corrected chi connectivity index (χ1v) is 7.36. The first-order valence-electron chi connectivity index (χ1n) is 7.36. The first kappa shape index (κ1) is 15.2. The van der Waals surface area contributed by atoms with Crippen molar-refractivity contribution in [3.8, 4) is 5.75 Å². The van der Waals surface area contributed by atoms with Crippen molar-refractivity contribution in [1.82, 2.24) is 14.9 Å². The molecule has 0 saturated carbocycles. The van der Waals surface area contributed by atoms with E-state index in [0.717, 1.165) is 11.4 Å². The van der Waals surface area contributed by atoms with Crippen LogP contribution in [0.4, 0.5) is 11.5 Å². The molecule has 2 heterocycles. The van der Waals surface area contributed by atoms with Crippen LogP contribution in [0.3, 0.4) is 0 Å².